The van der Waals surface area contributed by atoms with Gasteiger partial charge in [-0.1, -0.05) is 34.6 Å². The number of ketones is 1. The molecule has 16 atom stereocenters. The molecule has 3 saturated heterocycles. The van der Waals surface area contributed by atoms with E-state index in [9.17, 15) is 24.9 Å². The van der Waals surface area contributed by atoms with Gasteiger partial charge in [0.15, 0.2) is 12.6 Å². The van der Waals surface area contributed by atoms with Gasteiger partial charge in [-0.2, -0.15) is 0 Å². The smallest absolute Gasteiger partial charge is 0.311 e. The molecule has 46 heavy (non-hydrogen) atoms. The van der Waals surface area contributed by atoms with Gasteiger partial charge in [-0.3, -0.25) is 9.59 Å². The Balaban J connectivity index is 2.04. The van der Waals surface area contributed by atoms with E-state index in [4.69, 9.17) is 23.7 Å². The van der Waals surface area contributed by atoms with E-state index in [2.05, 4.69) is 4.90 Å². The fraction of sp³-hybridized carbons (Fsp3) is 0.943. The van der Waals surface area contributed by atoms with Crippen molar-refractivity contribution in [3.05, 3.63) is 0 Å². The first kappa shape index (κ1) is 39.3. The van der Waals surface area contributed by atoms with Gasteiger partial charge in [-0.05, 0) is 73.4 Å². The molecule has 0 radical (unpaired) electrons. The molecule has 0 aliphatic carbocycles. The van der Waals surface area contributed by atoms with Crippen molar-refractivity contribution in [2.24, 2.45) is 29.6 Å². The average Bonchev–Trinajstić information content (AvgIpc) is 2.97. The Morgan fingerprint density at radius 1 is 0.870 bits per heavy atom. The summed E-state index contributed by atoms with van der Waals surface area (Å²) in [4.78, 5) is 29.6. The third kappa shape index (κ3) is 9.71. The molecule has 11 nitrogen and oxygen atoms in total. The fourth-order valence-electron chi connectivity index (χ4n) is 7.73. The molecule has 3 N–H and O–H groups in total. The van der Waals surface area contributed by atoms with Crippen LogP contribution >= 0.6 is 0 Å². The normalized spacial score (nSPS) is 47.3. The van der Waals surface area contributed by atoms with Crippen LogP contribution in [0.4, 0.5) is 0 Å². The maximum Gasteiger partial charge on any atom is 0.311 e. The molecule has 3 heterocycles. The summed E-state index contributed by atoms with van der Waals surface area (Å²) in [6.07, 6.45) is -3.72. The van der Waals surface area contributed by atoms with Crippen molar-refractivity contribution in [2.45, 2.75) is 168 Å². The van der Waals surface area contributed by atoms with Crippen LogP contribution in [0.3, 0.4) is 0 Å². The second-order valence-electron chi connectivity index (χ2n) is 15.2. The van der Waals surface area contributed by atoms with Gasteiger partial charge in [0.05, 0.1) is 48.1 Å². The van der Waals surface area contributed by atoms with Gasteiger partial charge < -0.3 is 43.9 Å². The zero-order valence-electron chi connectivity index (χ0n) is 30.0. The minimum absolute atomic E-state index is 0.0665. The summed E-state index contributed by atoms with van der Waals surface area (Å²) < 4.78 is 31.5. The molecule has 0 bridgehead atoms. The Bertz CT molecular complexity index is 980. The number of cyclic esters (lactones) is 1. The van der Waals surface area contributed by atoms with Crippen LogP contribution < -0.4 is 0 Å². The molecule has 0 aromatic heterocycles. The van der Waals surface area contributed by atoms with E-state index in [0.29, 0.717) is 19.3 Å². The van der Waals surface area contributed by atoms with Gasteiger partial charge in [-0.25, -0.2) is 0 Å². The van der Waals surface area contributed by atoms with Crippen molar-refractivity contribution in [3.63, 3.8) is 0 Å². The standard InChI is InChI=1S/C35H63NO10/c1-12-27-35(9,41)17-20(4)30(38)18(2)13-26(37)33(46-29-16-25(36(10)11)15-21(5)42-29)22(6)32(23(7)34(40)44-27)45-28-14-19(3)31(39)24(8)43-28/h18-29,31-33,37,39,41H,12-17H2,1-11H3/t18-,19?,20-,21?,22?,23?,24?,25?,26?,27?,28+,29?,31-,32?,33-,35+/m1/s1. The van der Waals surface area contributed by atoms with Gasteiger partial charge in [0.1, 0.15) is 11.9 Å². The van der Waals surface area contributed by atoms with E-state index in [1.54, 1.807) is 34.6 Å². The number of carbonyl (C=O) groups is 2. The summed E-state index contributed by atoms with van der Waals surface area (Å²) >= 11 is 0. The molecule has 0 amide bonds. The molecule has 3 aliphatic rings. The lowest BCUT2D eigenvalue weighted by molar-refractivity contribution is -0.281. The van der Waals surface area contributed by atoms with Crippen molar-refractivity contribution in [1.82, 2.24) is 4.90 Å². The fourth-order valence-corrected chi connectivity index (χ4v) is 7.73. The van der Waals surface area contributed by atoms with E-state index in [1.165, 1.54) is 0 Å². The minimum atomic E-state index is -1.44. The first-order chi connectivity index (χ1) is 21.4. The molecule has 0 saturated carbocycles. The highest BCUT2D eigenvalue weighted by Crippen LogP contribution is 2.36. The number of hydrogen-bond donors (Lipinski definition) is 3. The highest BCUT2D eigenvalue weighted by atomic mass is 16.7. The summed E-state index contributed by atoms with van der Waals surface area (Å²) in [7, 11) is 4.04. The van der Waals surface area contributed by atoms with Gasteiger partial charge >= 0.3 is 5.97 Å². The van der Waals surface area contributed by atoms with Crippen LogP contribution in [0.25, 0.3) is 0 Å². The maximum absolute atomic E-state index is 13.9. The molecule has 0 aromatic rings. The molecule has 0 spiro atoms. The van der Waals surface area contributed by atoms with E-state index in [0.717, 1.165) is 6.42 Å². The second-order valence-corrected chi connectivity index (χ2v) is 15.2. The molecule has 268 valence electrons. The van der Waals surface area contributed by atoms with Crippen molar-refractivity contribution in [1.29, 1.82) is 0 Å². The van der Waals surface area contributed by atoms with Crippen LogP contribution in [0.2, 0.25) is 0 Å². The van der Waals surface area contributed by atoms with Crippen LogP contribution in [0.1, 0.15) is 101 Å². The summed E-state index contributed by atoms with van der Waals surface area (Å²) in [5, 5.41) is 33.8. The summed E-state index contributed by atoms with van der Waals surface area (Å²) in [6, 6.07) is 0.214. The van der Waals surface area contributed by atoms with Crippen molar-refractivity contribution >= 4 is 11.8 Å². The number of hydrogen-bond acceptors (Lipinski definition) is 11. The lowest BCUT2D eigenvalue weighted by Crippen LogP contribution is -2.53. The zero-order valence-corrected chi connectivity index (χ0v) is 30.0. The molecular formula is C35H63NO10. The molecule has 3 fully saturated rings. The molecule has 10 unspecified atom stereocenters. The van der Waals surface area contributed by atoms with Gasteiger partial charge in [-0.15, -0.1) is 0 Å². The third-order valence-corrected chi connectivity index (χ3v) is 10.7. The highest BCUT2D eigenvalue weighted by molar-refractivity contribution is 5.83. The van der Waals surface area contributed by atoms with E-state index in [1.807, 2.05) is 41.8 Å². The first-order valence-corrected chi connectivity index (χ1v) is 17.5. The molecule has 3 aliphatic heterocycles. The maximum atomic E-state index is 13.9. The Kier molecular flexibility index (Phi) is 14.1. The van der Waals surface area contributed by atoms with Crippen LogP contribution in [0.15, 0.2) is 0 Å². The Labute approximate surface area is 276 Å². The predicted octanol–water partition coefficient (Wildman–Crippen LogP) is 3.68. The van der Waals surface area contributed by atoms with E-state index in [-0.39, 0.29) is 36.7 Å². The Morgan fingerprint density at radius 3 is 2.07 bits per heavy atom. The third-order valence-electron chi connectivity index (χ3n) is 10.7. The molecular weight excluding hydrogens is 594 g/mol. The SMILES string of the molecule is CCC1OC(=O)C(C)C(O[C@H]2CC(C)[C@@H](O)C(C)O2)C(C)[C@@H](OC2CC(N(C)C)CC(C)O2)C(O)C[C@@H](C)C(=O)[C@H](C)C[C@]1(C)O. The lowest BCUT2D eigenvalue weighted by atomic mass is 9.79. The van der Waals surface area contributed by atoms with Gasteiger partial charge in [0, 0.05) is 36.6 Å². The van der Waals surface area contributed by atoms with Crippen molar-refractivity contribution in [2.75, 3.05) is 14.1 Å². The van der Waals surface area contributed by atoms with Gasteiger partial charge in [0.2, 0.25) is 0 Å². The summed E-state index contributed by atoms with van der Waals surface area (Å²) in [5.74, 6) is -3.21. The monoisotopic (exact) mass is 657 g/mol. The quantitative estimate of drug-likeness (QED) is 0.360. The number of aliphatic hydroxyl groups excluding tert-OH is 2. The van der Waals surface area contributed by atoms with Crippen LogP contribution in [-0.2, 0) is 33.3 Å². The number of ether oxygens (including phenoxy) is 5. The largest absolute Gasteiger partial charge is 0.459 e. The molecule has 3 rings (SSSR count). The van der Waals surface area contributed by atoms with Crippen LogP contribution in [0.5, 0.6) is 0 Å². The van der Waals surface area contributed by atoms with Gasteiger partial charge in [0.25, 0.3) is 0 Å². The van der Waals surface area contributed by atoms with Crippen LogP contribution in [0, 0.1) is 29.6 Å². The Morgan fingerprint density at radius 2 is 1.48 bits per heavy atom. The van der Waals surface area contributed by atoms with Crippen molar-refractivity contribution in [3.8, 4) is 0 Å². The number of carbonyl (C=O) groups excluding carboxylic acids is 2. The number of esters is 1. The number of rotatable bonds is 6. The first-order valence-electron chi connectivity index (χ1n) is 17.5. The van der Waals surface area contributed by atoms with E-state index < -0.39 is 84.4 Å². The average molecular weight is 658 g/mol. The summed E-state index contributed by atoms with van der Waals surface area (Å²) in [5.41, 5.74) is -1.44. The second kappa shape index (κ2) is 16.5. The number of aliphatic hydroxyl groups is 3. The number of nitrogens with zero attached hydrogens (tertiary/aromatic N) is 1. The number of Topliss-reactive ketones (excluding diaryl/α,β-unsaturated/α-hetero) is 1. The topological polar surface area (TPSA) is 144 Å². The predicted molar refractivity (Wildman–Crippen MR) is 173 cm³/mol. The van der Waals surface area contributed by atoms with Crippen molar-refractivity contribution < 1.29 is 48.6 Å². The lowest BCUT2D eigenvalue weighted by Gasteiger charge is -2.44. The molecule has 11 heteroatoms. The zero-order chi connectivity index (χ0) is 34.7. The summed E-state index contributed by atoms with van der Waals surface area (Å²) in [6.45, 7) is 16.3. The molecule has 0 aromatic carbocycles. The Hall–Kier alpha value is -1.18. The van der Waals surface area contributed by atoms with E-state index >= 15 is 0 Å². The minimum Gasteiger partial charge on any atom is -0.459 e. The highest BCUT2D eigenvalue weighted by Gasteiger charge is 2.46. The van der Waals surface area contributed by atoms with Crippen LogP contribution in [-0.4, -0.2) is 113 Å².